The maximum atomic E-state index is 7.99. The van der Waals surface area contributed by atoms with E-state index in [1.807, 2.05) is 0 Å². The minimum Gasteiger partial charge on any atom is -0.308 e. The highest BCUT2D eigenvalue weighted by atomic mass is 14.4. The number of fused-ring (bicyclic) bond motifs is 2. The molecule has 3 unspecified atom stereocenters. The molecule has 0 radical (unpaired) electrons. The van der Waals surface area contributed by atoms with E-state index in [2.05, 4.69) is 73.7 Å². The van der Waals surface area contributed by atoms with Gasteiger partial charge in [0.1, 0.15) is 0 Å². The second kappa shape index (κ2) is 7.05. The van der Waals surface area contributed by atoms with Gasteiger partial charge >= 0.3 is 0 Å². The average Bonchev–Trinajstić information content (AvgIpc) is 3.08. The van der Waals surface area contributed by atoms with Crippen LogP contribution in [0.2, 0.25) is 0 Å². The van der Waals surface area contributed by atoms with E-state index in [-0.39, 0.29) is 0 Å². The first-order chi connectivity index (χ1) is 13.8. The summed E-state index contributed by atoms with van der Waals surface area (Å²) in [4.78, 5) is 0. The molecule has 140 valence electrons. The van der Waals surface area contributed by atoms with Crippen LogP contribution in [0.5, 0.6) is 0 Å². The van der Waals surface area contributed by atoms with Gasteiger partial charge in [-0.3, -0.25) is 0 Å². The highest BCUT2D eigenvalue weighted by Crippen LogP contribution is 2.50. The van der Waals surface area contributed by atoms with Gasteiger partial charge in [0.05, 0.1) is 0 Å². The van der Waals surface area contributed by atoms with E-state index < -0.39 is 0 Å². The summed E-state index contributed by atoms with van der Waals surface area (Å²) in [6, 6.07) is 21.9. The standard InChI is InChI=1S/C27H27N/c1-18-15-20-8-3-5-12-25(20)26(18)21-9-6-10-22(16-21)27-23(17-28)14-13-19-7-2-4-11-24(19)27/h2-5,7-8,11-15,17,21-22,26,28H,6,9-10,16H2,1H3. The Kier molecular flexibility index (Phi) is 4.39. The number of allylic oxidation sites excluding steroid dienone is 1. The van der Waals surface area contributed by atoms with Crippen LogP contribution in [0.1, 0.15) is 66.7 Å². The average molecular weight is 366 g/mol. The van der Waals surface area contributed by atoms with Crippen molar-refractivity contribution in [1.82, 2.24) is 0 Å². The SMILES string of the molecule is CC1=Cc2ccccc2C1C1CCCC(c2c(C=N)ccc3ccccc23)C1. The molecule has 3 aromatic rings. The molecule has 28 heavy (non-hydrogen) atoms. The quantitative estimate of drug-likeness (QED) is 0.470. The van der Waals surface area contributed by atoms with Gasteiger partial charge in [0.15, 0.2) is 0 Å². The van der Waals surface area contributed by atoms with Gasteiger partial charge < -0.3 is 5.41 Å². The smallest absolute Gasteiger partial charge is 0.0253 e. The minimum absolute atomic E-state index is 0.544. The number of hydrogen-bond acceptors (Lipinski definition) is 1. The van der Waals surface area contributed by atoms with Gasteiger partial charge in [0, 0.05) is 12.1 Å². The summed E-state index contributed by atoms with van der Waals surface area (Å²) in [5.41, 5.74) is 6.97. The highest BCUT2D eigenvalue weighted by molar-refractivity contribution is 5.94. The van der Waals surface area contributed by atoms with Gasteiger partial charge in [0.25, 0.3) is 0 Å². The van der Waals surface area contributed by atoms with Gasteiger partial charge in [-0.25, -0.2) is 0 Å². The Morgan fingerprint density at radius 1 is 0.929 bits per heavy atom. The van der Waals surface area contributed by atoms with Crippen LogP contribution in [0.25, 0.3) is 16.8 Å². The van der Waals surface area contributed by atoms with Gasteiger partial charge in [0.2, 0.25) is 0 Å². The monoisotopic (exact) mass is 365 g/mol. The van der Waals surface area contributed by atoms with E-state index in [9.17, 15) is 0 Å². The van der Waals surface area contributed by atoms with Crippen LogP contribution in [-0.2, 0) is 0 Å². The lowest BCUT2D eigenvalue weighted by Gasteiger charge is -2.35. The molecule has 0 amide bonds. The minimum atomic E-state index is 0.544. The third-order valence-corrected chi connectivity index (χ3v) is 6.96. The van der Waals surface area contributed by atoms with Crippen molar-refractivity contribution in [3.05, 3.63) is 88.5 Å². The molecule has 2 aliphatic carbocycles. The summed E-state index contributed by atoms with van der Waals surface area (Å²) >= 11 is 0. The molecule has 3 atom stereocenters. The zero-order valence-corrected chi connectivity index (χ0v) is 16.5. The van der Waals surface area contributed by atoms with E-state index in [0.29, 0.717) is 17.8 Å². The Morgan fingerprint density at radius 2 is 1.75 bits per heavy atom. The van der Waals surface area contributed by atoms with Gasteiger partial charge in [-0.15, -0.1) is 0 Å². The van der Waals surface area contributed by atoms with Crippen LogP contribution in [0.15, 0.2) is 66.2 Å². The van der Waals surface area contributed by atoms with E-state index in [1.54, 1.807) is 6.21 Å². The lowest BCUT2D eigenvalue weighted by Crippen LogP contribution is -2.21. The Hall–Kier alpha value is -2.67. The molecule has 1 fully saturated rings. The van der Waals surface area contributed by atoms with Crippen LogP contribution in [0, 0.1) is 11.3 Å². The zero-order valence-electron chi connectivity index (χ0n) is 16.5. The third-order valence-electron chi connectivity index (χ3n) is 6.96. The van der Waals surface area contributed by atoms with Gasteiger partial charge in [-0.1, -0.05) is 78.7 Å². The van der Waals surface area contributed by atoms with Crippen molar-refractivity contribution in [3.63, 3.8) is 0 Å². The van der Waals surface area contributed by atoms with Crippen molar-refractivity contribution in [2.45, 2.75) is 44.4 Å². The number of benzene rings is 3. The summed E-state index contributed by atoms with van der Waals surface area (Å²) in [5, 5.41) is 10.6. The maximum Gasteiger partial charge on any atom is 0.0253 e. The number of nitrogens with one attached hydrogen (secondary N) is 1. The second-order valence-electron chi connectivity index (χ2n) is 8.55. The van der Waals surface area contributed by atoms with Crippen LogP contribution >= 0.6 is 0 Å². The number of hydrogen-bond donors (Lipinski definition) is 1. The molecule has 5 rings (SSSR count). The Balaban J connectivity index is 1.53. The van der Waals surface area contributed by atoms with E-state index >= 15 is 0 Å². The predicted octanol–water partition coefficient (Wildman–Crippen LogP) is 7.31. The molecular weight excluding hydrogens is 338 g/mol. The Bertz CT molecular complexity index is 1070. The van der Waals surface area contributed by atoms with Gasteiger partial charge in [-0.2, -0.15) is 0 Å². The molecular formula is C27H27N. The Morgan fingerprint density at radius 3 is 2.64 bits per heavy atom. The molecule has 0 aromatic heterocycles. The molecule has 2 aliphatic rings. The normalized spacial score (nSPS) is 24.0. The Labute approximate surface area is 167 Å². The molecule has 1 nitrogen and oxygen atoms in total. The molecule has 1 saturated carbocycles. The van der Waals surface area contributed by atoms with Crippen molar-refractivity contribution < 1.29 is 0 Å². The third kappa shape index (κ3) is 2.81. The lowest BCUT2D eigenvalue weighted by molar-refractivity contribution is 0.296. The van der Waals surface area contributed by atoms with E-state index in [1.165, 1.54) is 58.7 Å². The fourth-order valence-electron chi connectivity index (χ4n) is 5.82. The van der Waals surface area contributed by atoms with Crippen molar-refractivity contribution in [2.24, 2.45) is 5.92 Å². The van der Waals surface area contributed by atoms with E-state index in [4.69, 9.17) is 5.41 Å². The first-order valence-electron chi connectivity index (χ1n) is 10.6. The number of rotatable bonds is 3. The van der Waals surface area contributed by atoms with Crippen LogP contribution in [0.4, 0.5) is 0 Å². The molecule has 0 spiro atoms. The van der Waals surface area contributed by atoms with Crippen LogP contribution < -0.4 is 0 Å². The van der Waals surface area contributed by atoms with Crippen molar-refractivity contribution >= 4 is 23.1 Å². The molecule has 0 aliphatic heterocycles. The summed E-state index contributed by atoms with van der Waals surface area (Å²) in [6.45, 7) is 2.31. The molecule has 1 heteroatoms. The van der Waals surface area contributed by atoms with E-state index in [0.717, 1.165) is 5.56 Å². The summed E-state index contributed by atoms with van der Waals surface area (Å²) in [6.07, 6.45) is 9.00. The summed E-state index contributed by atoms with van der Waals surface area (Å²) < 4.78 is 0. The fourth-order valence-corrected chi connectivity index (χ4v) is 5.82. The van der Waals surface area contributed by atoms with Crippen molar-refractivity contribution in [3.8, 4) is 0 Å². The largest absolute Gasteiger partial charge is 0.308 e. The summed E-state index contributed by atoms with van der Waals surface area (Å²) in [5.74, 6) is 1.80. The molecule has 3 aromatic carbocycles. The molecule has 1 N–H and O–H groups in total. The van der Waals surface area contributed by atoms with Crippen LogP contribution in [0.3, 0.4) is 0 Å². The van der Waals surface area contributed by atoms with Gasteiger partial charge in [-0.05, 0) is 71.0 Å². The van der Waals surface area contributed by atoms with Crippen LogP contribution in [-0.4, -0.2) is 6.21 Å². The van der Waals surface area contributed by atoms with Crippen molar-refractivity contribution in [1.29, 1.82) is 5.41 Å². The fraction of sp³-hybridized carbons (Fsp3) is 0.296. The first-order valence-corrected chi connectivity index (χ1v) is 10.6. The van der Waals surface area contributed by atoms with Crippen molar-refractivity contribution in [2.75, 3.05) is 0 Å². The predicted molar refractivity (Wildman–Crippen MR) is 119 cm³/mol. The summed E-state index contributed by atoms with van der Waals surface area (Å²) in [7, 11) is 0. The zero-order chi connectivity index (χ0) is 19.1. The molecule has 0 bridgehead atoms. The topological polar surface area (TPSA) is 23.9 Å². The first kappa shape index (κ1) is 17.4. The molecule has 0 saturated heterocycles. The lowest BCUT2D eigenvalue weighted by atomic mass is 9.69. The second-order valence-corrected chi connectivity index (χ2v) is 8.55. The highest BCUT2D eigenvalue weighted by Gasteiger charge is 2.35. The molecule has 0 heterocycles. The maximum absolute atomic E-state index is 7.99.